The van der Waals surface area contributed by atoms with E-state index in [0.717, 1.165) is 47.2 Å². The Morgan fingerprint density at radius 2 is 1.69 bits per heavy atom. The number of hydrogen-bond donors (Lipinski definition) is 2. The first kappa shape index (κ1) is 20.9. The van der Waals surface area contributed by atoms with E-state index in [1.165, 1.54) is 5.56 Å². The Hall–Kier alpha value is -3.00. The van der Waals surface area contributed by atoms with Crippen molar-refractivity contribution in [3.63, 3.8) is 0 Å². The second kappa shape index (κ2) is 8.86. The Balaban J connectivity index is 1.36. The highest BCUT2D eigenvalue weighted by atomic mass is 32.2. The standard InChI is InChI=1S/C25H26N4O2S/c30-32(31,29-14-4-5-15-29)22-10-8-20(9-11-22)23-12-13-27-25-24(23)16-21(28-25)18-26-17-19-6-2-1-3-7-19/h1-3,6-13,16,26H,4-5,14-15,17-18H2,(H,27,28). The zero-order chi connectivity index (χ0) is 22.0. The third kappa shape index (κ3) is 4.19. The van der Waals surface area contributed by atoms with Crippen molar-refractivity contribution < 1.29 is 8.42 Å². The van der Waals surface area contributed by atoms with Crippen LogP contribution in [0, 0.1) is 0 Å². The molecule has 0 spiro atoms. The number of aromatic nitrogens is 2. The Bertz CT molecular complexity index is 1310. The summed E-state index contributed by atoms with van der Waals surface area (Å²) in [5, 5.41) is 4.49. The first-order chi connectivity index (χ1) is 15.6. The van der Waals surface area contributed by atoms with Crippen LogP contribution in [-0.4, -0.2) is 35.8 Å². The van der Waals surface area contributed by atoms with Crippen molar-refractivity contribution in [2.75, 3.05) is 13.1 Å². The fourth-order valence-electron chi connectivity index (χ4n) is 4.25. The van der Waals surface area contributed by atoms with Gasteiger partial charge in [-0.1, -0.05) is 42.5 Å². The van der Waals surface area contributed by atoms with Crippen molar-refractivity contribution in [3.05, 3.63) is 84.2 Å². The summed E-state index contributed by atoms with van der Waals surface area (Å²) in [5.41, 5.74) is 5.13. The van der Waals surface area contributed by atoms with Gasteiger partial charge in [0.05, 0.1) is 4.90 Å². The maximum Gasteiger partial charge on any atom is 0.243 e. The third-order valence-electron chi connectivity index (χ3n) is 5.94. The summed E-state index contributed by atoms with van der Waals surface area (Å²) >= 11 is 0. The van der Waals surface area contributed by atoms with Gasteiger partial charge in [0.15, 0.2) is 0 Å². The minimum Gasteiger partial charge on any atom is -0.342 e. The van der Waals surface area contributed by atoms with Crippen LogP contribution in [0.25, 0.3) is 22.2 Å². The number of pyridine rings is 1. The van der Waals surface area contributed by atoms with Crippen LogP contribution >= 0.6 is 0 Å². The number of nitrogens with zero attached hydrogens (tertiary/aromatic N) is 2. The van der Waals surface area contributed by atoms with Gasteiger partial charge in [-0.2, -0.15) is 4.31 Å². The summed E-state index contributed by atoms with van der Waals surface area (Å²) in [4.78, 5) is 8.22. The van der Waals surface area contributed by atoms with Crippen LogP contribution in [0.5, 0.6) is 0 Å². The van der Waals surface area contributed by atoms with E-state index in [-0.39, 0.29) is 0 Å². The van der Waals surface area contributed by atoms with Crippen LogP contribution in [-0.2, 0) is 23.1 Å². The second-order valence-electron chi connectivity index (χ2n) is 8.14. The van der Waals surface area contributed by atoms with Gasteiger partial charge in [-0.3, -0.25) is 0 Å². The van der Waals surface area contributed by atoms with Gasteiger partial charge in [0.2, 0.25) is 10.0 Å². The summed E-state index contributed by atoms with van der Waals surface area (Å²) in [6, 6.07) is 21.6. The molecule has 0 amide bonds. The molecular weight excluding hydrogens is 420 g/mol. The first-order valence-electron chi connectivity index (χ1n) is 10.9. The van der Waals surface area contributed by atoms with E-state index in [1.807, 2.05) is 36.4 Å². The van der Waals surface area contributed by atoms with Crippen molar-refractivity contribution in [2.45, 2.75) is 30.8 Å². The molecule has 0 radical (unpaired) electrons. The smallest absolute Gasteiger partial charge is 0.243 e. The molecule has 0 aliphatic carbocycles. The molecule has 0 bridgehead atoms. The lowest BCUT2D eigenvalue weighted by molar-refractivity contribution is 0.477. The fraction of sp³-hybridized carbons (Fsp3) is 0.240. The quantitative estimate of drug-likeness (QED) is 0.444. The van der Waals surface area contributed by atoms with Crippen LogP contribution < -0.4 is 5.32 Å². The highest BCUT2D eigenvalue weighted by molar-refractivity contribution is 7.89. The lowest BCUT2D eigenvalue weighted by Crippen LogP contribution is -2.27. The predicted octanol–water partition coefficient (Wildman–Crippen LogP) is 4.30. The van der Waals surface area contributed by atoms with E-state index in [4.69, 9.17) is 0 Å². The number of aromatic amines is 1. The molecule has 1 aliphatic rings. The normalized spacial score (nSPS) is 14.9. The topological polar surface area (TPSA) is 78.1 Å². The minimum absolute atomic E-state index is 0.355. The molecular formula is C25H26N4O2S. The molecule has 4 aromatic rings. The molecule has 0 atom stereocenters. The summed E-state index contributed by atoms with van der Waals surface area (Å²) in [6.07, 6.45) is 3.65. The van der Waals surface area contributed by atoms with E-state index < -0.39 is 10.0 Å². The molecule has 5 rings (SSSR count). The molecule has 164 valence electrons. The molecule has 3 heterocycles. The largest absolute Gasteiger partial charge is 0.342 e. The molecule has 2 N–H and O–H groups in total. The van der Waals surface area contributed by atoms with E-state index >= 15 is 0 Å². The van der Waals surface area contributed by atoms with Crippen LogP contribution in [0.1, 0.15) is 24.1 Å². The monoisotopic (exact) mass is 446 g/mol. The van der Waals surface area contributed by atoms with Gasteiger partial charge < -0.3 is 10.3 Å². The van der Waals surface area contributed by atoms with E-state index in [9.17, 15) is 8.42 Å². The minimum atomic E-state index is -3.40. The number of rotatable bonds is 7. The number of benzene rings is 2. The number of sulfonamides is 1. The Labute approximate surface area is 188 Å². The number of hydrogen-bond acceptors (Lipinski definition) is 4. The SMILES string of the molecule is O=S(=O)(c1ccc(-c2ccnc3[nH]c(CNCc4ccccc4)cc23)cc1)N1CCCC1. The zero-order valence-electron chi connectivity index (χ0n) is 17.8. The van der Waals surface area contributed by atoms with Crippen molar-refractivity contribution in [1.82, 2.24) is 19.6 Å². The van der Waals surface area contributed by atoms with E-state index in [1.54, 1.807) is 22.6 Å². The molecule has 1 saturated heterocycles. The number of fused-ring (bicyclic) bond motifs is 1. The van der Waals surface area contributed by atoms with Crippen LogP contribution in [0.3, 0.4) is 0 Å². The molecule has 1 fully saturated rings. The number of nitrogens with one attached hydrogen (secondary N) is 2. The zero-order valence-corrected chi connectivity index (χ0v) is 18.6. The number of H-pyrrole nitrogens is 1. The van der Waals surface area contributed by atoms with Gasteiger partial charge in [0.1, 0.15) is 5.65 Å². The summed E-state index contributed by atoms with van der Waals surface area (Å²) in [7, 11) is -3.40. The van der Waals surface area contributed by atoms with Crippen molar-refractivity contribution >= 4 is 21.1 Å². The molecule has 32 heavy (non-hydrogen) atoms. The predicted molar refractivity (Wildman–Crippen MR) is 127 cm³/mol. The van der Waals surface area contributed by atoms with Gasteiger partial charge in [0.25, 0.3) is 0 Å². The average Bonchev–Trinajstić information content (AvgIpc) is 3.50. The van der Waals surface area contributed by atoms with Crippen molar-refractivity contribution in [1.29, 1.82) is 0 Å². The summed E-state index contributed by atoms with van der Waals surface area (Å²) in [5.74, 6) is 0. The molecule has 1 aliphatic heterocycles. The van der Waals surface area contributed by atoms with Crippen molar-refractivity contribution in [2.24, 2.45) is 0 Å². The van der Waals surface area contributed by atoms with Crippen LogP contribution in [0.15, 0.2) is 77.8 Å². The third-order valence-corrected chi connectivity index (χ3v) is 7.86. The fourth-order valence-corrected chi connectivity index (χ4v) is 5.77. The molecule has 6 nitrogen and oxygen atoms in total. The maximum absolute atomic E-state index is 12.8. The van der Waals surface area contributed by atoms with Gasteiger partial charge in [0, 0.05) is 43.5 Å². The Kier molecular flexibility index (Phi) is 5.78. The highest BCUT2D eigenvalue weighted by Gasteiger charge is 2.27. The highest BCUT2D eigenvalue weighted by Crippen LogP contribution is 2.30. The first-order valence-corrected chi connectivity index (χ1v) is 12.4. The van der Waals surface area contributed by atoms with Gasteiger partial charge in [-0.15, -0.1) is 0 Å². The van der Waals surface area contributed by atoms with Crippen LogP contribution in [0.4, 0.5) is 0 Å². The molecule has 0 unspecified atom stereocenters. The molecule has 2 aromatic heterocycles. The van der Waals surface area contributed by atoms with Crippen molar-refractivity contribution in [3.8, 4) is 11.1 Å². The van der Waals surface area contributed by atoms with E-state index in [2.05, 4.69) is 33.5 Å². The Morgan fingerprint density at radius 3 is 2.44 bits per heavy atom. The Morgan fingerprint density at radius 1 is 0.938 bits per heavy atom. The van der Waals surface area contributed by atoms with Gasteiger partial charge >= 0.3 is 0 Å². The van der Waals surface area contributed by atoms with Gasteiger partial charge in [-0.05, 0) is 53.8 Å². The lowest BCUT2D eigenvalue weighted by Gasteiger charge is -2.15. The maximum atomic E-state index is 12.8. The van der Waals surface area contributed by atoms with Crippen LogP contribution in [0.2, 0.25) is 0 Å². The van der Waals surface area contributed by atoms with E-state index in [0.29, 0.717) is 24.5 Å². The summed E-state index contributed by atoms with van der Waals surface area (Å²) < 4.78 is 27.2. The summed E-state index contributed by atoms with van der Waals surface area (Å²) in [6.45, 7) is 2.72. The average molecular weight is 447 g/mol. The van der Waals surface area contributed by atoms with Gasteiger partial charge in [-0.25, -0.2) is 13.4 Å². The second-order valence-corrected chi connectivity index (χ2v) is 10.1. The molecule has 7 heteroatoms. The molecule has 2 aromatic carbocycles. The molecule has 0 saturated carbocycles. The lowest BCUT2D eigenvalue weighted by atomic mass is 10.0.